The Morgan fingerprint density at radius 1 is 1.35 bits per heavy atom. The van der Waals surface area contributed by atoms with E-state index in [4.69, 9.17) is 5.26 Å². The number of aldehydes is 1. The Hall–Kier alpha value is -2.87. The van der Waals surface area contributed by atoms with Gasteiger partial charge in [-0.25, -0.2) is 4.68 Å². The van der Waals surface area contributed by atoms with Crippen molar-refractivity contribution in [1.82, 2.24) is 9.78 Å². The molecular formula is C12H6F3N3O4S. The first-order valence-electron chi connectivity index (χ1n) is 5.73. The maximum Gasteiger partial charge on any atom is 0.534 e. The summed E-state index contributed by atoms with van der Waals surface area (Å²) in [5.74, 6) is -0.767. The second-order valence-corrected chi connectivity index (χ2v) is 5.65. The van der Waals surface area contributed by atoms with E-state index in [-0.39, 0.29) is 11.3 Å². The molecule has 0 aliphatic heterocycles. The van der Waals surface area contributed by atoms with Crippen LogP contribution in [0.4, 0.5) is 13.2 Å². The molecule has 0 bridgehead atoms. The fraction of sp³-hybridized carbons (Fsp3) is 0.0833. The number of hydrogen-bond donors (Lipinski definition) is 0. The molecule has 1 aromatic carbocycles. The van der Waals surface area contributed by atoms with E-state index in [0.717, 1.165) is 12.1 Å². The maximum atomic E-state index is 12.3. The molecule has 2 rings (SSSR count). The first kappa shape index (κ1) is 16.5. The Labute approximate surface area is 127 Å². The van der Waals surface area contributed by atoms with Crippen molar-refractivity contribution in [1.29, 1.82) is 5.26 Å². The Morgan fingerprint density at radius 3 is 2.57 bits per heavy atom. The SMILES string of the molecule is N#Cc1cc(-n2cc(C=O)cn2)ccc1OS(=O)(=O)C(F)(F)F. The highest BCUT2D eigenvalue weighted by atomic mass is 32.2. The fourth-order valence-electron chi connectivity index (χ4n) is 1.52. The van der Waals surface area contributed by atoms with Gasteiger partial charge in [-0.05, 0) is 18.2 Å². The van der Waals surface area contributed by atoms with Gasteiger partial charge in [-0.15, -0.1) is 0 Å². The Morgan fingerprint density at radius 2 is 2.04 bits per heavy atom. The largest absolute Gasteiger partial charge is 0.534 e. The average molecular weight is 345 g/mol. The first-order chi connectivity index (χ1) is 10.7. The molecule has 0 unspecified atom stereocenters. The second-order valence-electron chi connectivity index (χ2n) is 4.11. The number of nitriles is 1. The molecule has 0 fully saturated rings. The molecule has 120 valence electrons. The highest BCUT2D eigenvalue weighted by Crippen LogP contribution is 2.29. The highest BCUT2D eigenvalue weighted by Gasteiger charge is 2.48. The van der Waals surface area contributed by atoms with E-state index < -0.39 is 26.9 Å². The number of nitrogens with zero attached hydrogens (tertiary/aromatic N) is 3. The molecule has 2 aromatic rings. The molecule has 0 spiro atoms. The van der Waals surface area contributed by atoms with Crippen molar-refractivity contribution in [2.24, 2.45) is 0 Å². The molecular weight excluding hydrogens is 339 g/mol. The third-order valence-corrected chi connectivity index (χ3v) is 3.54. The van der Waals surface area contributed by atoms with Crippen LogP contribution in [0, 0.1) is 11.3 Å². The number of carbonyl (C=O) groups is 1. The van der Waals surface area contributed by atoms with Crippen LogP contribution in [-0.4, -0.2) is 30.0 Å². The zero-order valence-electron chi connectivity index (χ0n) is 11.0. The van der Waals surface area contributed by atoms with E-state index in [1.54, 1.807) is 0 Å². The second kappa shape index (κ2) is 5.73. The van der Waals surface area contributed by atoms with Gasteiger partial charge >= 0.3 is 15.6 Å². The van der Waals surface area contributed by atoms with Gasteiger partial charge in [0.05, 0.1) is 23.0 Å². The van der Waals surface area contributed by atoms with Crippen LogP contribution in [0.3, 0.4) is 0 Å². The van der Waals surface area contributed by atoms with Gasteiger partial charge in [0, 0.05) is 6.20 Å². The van der Waals surface area contributed by atoms with Gasteiger partial charge in [0.25, 0.3) is 0 Å². The lowest BCUT2D eigenvalue weighted by molar-refractivity contribution is -0.0500. The third-order valence-electron chi connectivity index (χ3n) is 2.57. The molecule has 0 aliphatic carbocycles. The van der Waals surface area contributed by atoms with Crippen molar-refractivity contribution >= 4 is 16.4 Å². The molecule has 0 N–H and O–H groups in total. The Bertz CT molecular complexity index is 897. The van der Waals surface area contributed by atoms with Crippen LogP contribution in [0.1, 0.15) is 15.9 Å². The van der Waals surface area contributed by atoms with Crippen molar-refractivity contribution < 1.29 is 30.6 Å². The molecule has 0 saturated heterocycles. The summed E-state index contributed by atoms with van der Waals surface area (Å²) in [6, 6.07) is 4.68. The molecule has 1 heterocycles. The van der Waals surface area contributed by atoms with Crippen molar-refractivity contribution in [3.8, 4) is 17.5 Å². The fourth-order valence-corrected chi connectivity index (χ4v) is 2.00. The summed E-state index contributed by atoms with van der Waals surface area (Å²) in [5, 5.41) is 12.8. The van der Waals surface area contributed by atoms with Crippen molar-refractivity contribution in [2.75, 3.05) is 0 Å². The standard InChI is InChI=1S/C12H6F3N3O4S/c13-12(14,15)23(20,21)22-11-2-1-10(3-9(11)4-16)18-6-8(7-19)5-17-18/h1-3,5-7H. The van der Waals surface area contributed by atoms with E-state index in [1.807, 2.05) is 0 Å². The summed E-state index contributed by atoms with van der Waals surface area (Å²) in [5.41, 5.74) is -5.59. The third kappa shape index (κ3) is 3.32. The van der Waals surface area contributed by atoms with Crippen LogP contribution in [0.5, 0.6) is 5.75 Å². The number of aromatic nitrogens is 2. The Kier molecular flexibility index (Phi) is 4.11. The number of benzene rings is 1. The molecule has 7 nitrogen and oxygen atoms in total. The monoisotopic (exact) mass is 345 g/mol. The van der Waals surface area contributed by atoms with Gasteiger partial charge in [-0.1, -0.05) is 0 Å². The summed E-state index contributed by atoms with van der Waals surface area (Å²) in [6.45, 7) is 0. The Balaban J connectivity index is 2.42. The molecule has 23 heavy (non-hydrogen) atoms. The average Bonchev–Trinajstić information content (AvgIpc) is 2.95. The zero-order valence-corrected chi connectivity index (χ0v) is 11.8. The van der Waals surface area contributed by atoms with Crippen LogP contribution in [0.15, 0.2) is 30.6 Å². The summed E-state index contributed by atoms with van der Waals surface area (Å²) < 4.78 is 64.0. The highest BCUT2D eigenvalue weighted by molar-refractivity contribution is 7.88. The minimum Gasteiger partial charge on any atom is -0.375 e. The van der Waals surface area contributed by atoms with E-state index in [2.05, 4.69) is 9.28 Å². The van der Waals surface area contributed by atoms with Crippen molar-refractivity contribution in [3.63, 3.8) is 0 Å². The molecule has 0 aliphatic rings. The minimum atomic E-state index is -5.88. The summed E-state index contributed by atoms with van der Waals surface area (Å²) in [4.78, 5) is 10.6. The molecule has 11 heteroatoms. The van der Waals surface area contributed by atoms with Crippen LogP contribution >= 0.6 is 0 Å². The predicted molar refractivity (Wildman–Crippen MR) is 69.3 cm³/mol. The van der Waals surface area contributed by atoms with E-state index in [0.29, 0.717) is 6.29 Å². The summed E-state index contributed by atoms with van der Waals surface area (Å²) >= 11 is 0. The van der Waals surface area contributed by atoms with Crippen molar-refractivity contribution in [3.05, 3.63) is 41.7 Å². The van der Waals surface area contributed by atoms with Gasteiger partial charge < -0.3 is 4.18 Å². The van der Waals surface area contributed by atoms with E-state index in [1.165, 1.54) is 29.2 Å². The summed E-state index contributed by atoms with van der Waals surface area (Å²) in [6.07, 6.45) is 3.08. The topological polar surface area (TPSA) is 102 Å². The van der Waals surface area contributed by atoms with Crippen LogP contribution in [-0.2, 0) is 10.1 Å². The van der Waals surface area contributed by atoms with Crippen LogP contribution in [0.2, 0.25) is 0 Å². The number of halogens is 3. The minimum absolute atomic E-state index is 0.228. The zero-order chi connectivity index (χ0) is 17.3. The first-order valence-corrected chi connectivity index (χ1v) is 7.14. The van der Waals surface area contributed by atoms with Crippen molar-refractivity contribution in [2.45, 2.75) is 5.51 Å². The van der Waals surface area contributed by atoms with Gasteiger partial charge in [-0.3, -0.25) is 4.79 Å². The quantitative estimate of drug-likeness (QED) is 0.475. The van der Waals surface area contributed by atoms with Crippen LogP contribution in [0.25, 0.3) is 5.69 Å². The van der Waals surface area contributed by atoms with Gasteiger partial charge in [0.1, 0.15) is 6.07 Å². The molecule has 0 atom stereocenters. The lowest BCUT2D eigenvalue weighted by atomic mass is 10.2. The molecule has 1 aromatic heterocycles. The van der Waals surface area contributed by atoms with E-state index >= 15 is 0 Å². The number of rotatable bonds is 4. The lowest BCUT2D eigenvalue weighted by Gasteiger charge is -2.11. The summed E-state index contributed by atoms with van der Waals surface area (Å²) in [7, 11) is -5.88. The number of hydrogen-bond acceptors (Lipinski definition) is 6. The number of alkyl halides is 3. The molecule has 0 radical (unpaired) electrons. The normalized spacial score (nSPS) is 11.7. The van der Waals surface area contributed by atoms with Gasteiger partial charge in [0.15, 0.2) is 12.0 Å². The van der Waals surface area contributed by atoms with E-state index in [9.17, 15) is 26.4 Å². The lowest BCUT2D eigenvalue weighted by Crippen LogP contribution is -2.28. The predicted octanol–water partition coefficient (Wildman–Crippen LogP) is 1.78. The maximum absolute atomic E-state index is 12.3. The smallest absolute Gasteiger partial charge is 0.375 e. The number of carbonyl (C=O) groups excluding carboxylic acids is 1. The molecule has 0 amide bonds. The molecule has 0 saturated carbocycles. The van der Waals surface area contributed by atoms with Gasteiger partial charge in [-0.2, -0.15) is 31.9 Å². The van der Waals surface area contributed by atoms with Gasteiger partial charge in [0.2, 0.25) is 0 Å². The van der Waals surface area contributed by atoms with Crippen LogP contribution < -0.4 is 4.18 Å².